The van der Waals surface area contributed by atoms with Crippen LogP contribution in [0.15, 0.2) is 54.6 Å². The zero-order chi connectivity index (χ0) is 23.2. The molecular weight excluding hydrogens is 470 g/mol. The number of aliphatic hydroxyl groups excluding tert-OH is 1. The average Bonchev–Trinajstić information content (AvgIpc) is 2.79. The summed E-state index contributed by atoms with van der Waals surface area (Å²) in [6.07, 6.45) is 6.82. The van der Waals surface area contributed by atoms with Crippen molar-refractivity contribution in [3.63, 3.8) is 0 Å². The predicted molar refractivity (Wildman–Crippen MR) is 124 cm³/mol. The first-order chi connectivity index (χ1) is 15.5. The van der Waals surface area contributed by atoms with Gasteiger partial charge in [-0.25, -0.2) is 0 Å². The first-order valence-electron chi connectivity index (χ1n) is 11.3. The van der Waals surface area contributed by atoms with Crippen LogP contribution in [0, 0.1) is 0 Å². The summed E-state index contributed by atoms with van der Waals surface area (Å²) in [5.74, 6) is -2.59. The van der Waals surface area contributed by atoms with Crippen LogP contribution in [0.25, 0.3) is 0 Å². The Morgan fingerprint density at radius 3 is 1.97 bits per heavy atom. The van der Waals surface area contributed by atoms with Gasteiger partial charge in [-0.05, 0) is 54.5 Å². The van der Waals surface area contributed by atoms with Crippen molar-refractivity contribution in [3.05, 3.63) is 71.3 Å². The van der Waals surface area contributed by atoms with Crippen molar-refractivity contribution in [2.75, 3.05) is 5.75 Å². The normalized spacial score (nSPS) is 12.1. The number of thioether (sulfide) groups is 1. The van der Waals surface area contributed by atoms with Crippen LogP contribution in [0.5, 0.6) is 0 Å². The molecule has 2 aromatic rings. The molecule has 0 bridgehead atoms. The molecule has 1 N–H and O–H groups in total. The molecule has 5 nitrogen and oxygen atoms in total. The number of carbonyl (C=O) groups excluding carboxylic acids is 2. The number of aryl methyl sites for hydroxylation is 2. The predicted octanol–water partition coefficient (Wildman–Crippen LogP) is -3.15. The molecular formula is C26H32Na2O5S. The second-order valence-electron chi connectivity index (χ2n) is 7.98. The van der Waals surface area contributed by atoms with Crippen LogP contribution in [0.4, 0.5) is 0 Å². The maximum Gasteiger partial charge on any atom is 1.00 e. The molecule has 0 spiro atoms. The molecule has 0 aliphatic carbocycles. The van der Waals surface area contributed by atoms with Crippen LogP contribution in [0.2, 0.25) is 0 Å². The Morgan fingerprint density at radius 2 is 1.35 bits per heavy atom. The number of unbranched alkanes of at least 4 members (excludes halogenated alkanes) is 5. The van der Waals surface area contributed by atoms with Gasteiger partial charge in [0, 0.05) is 5.97 Å². The minimum Gasteiger partial charge on any atom is -0.550 e. The van der Waals surface area contributed by atoms with Crippen molar-refractivity contribution >= 4 is 23.7 Å². The molecule has 34 heavy (non-hydrogen) atoms. The smallest absolute Gasteiger partial charge is 0.550 e. The molecule has 0 aliphatic rings. The van der Waals surface area contributed by atoms with Crippen molar-refractivity contribution in [2.24, 2.45) is 0 Å². The Hall–Kier alpha value is -0.310. The molecule has 0 radical (unpaired) electrons. The van der Waals surface area contributed by atoms with Crippen molar-refractivity contribution in [2.45, 2.75) is 69.1 Å². The van der Waals surface area contributed by atoms with E-state index in [0.29, 0.717) is 0 Å². The molecule has 0 saturated heterocycles. The molecule has 2 rings (SSSR count). The molecule has 0 unspecified atom stereocenters. The Labute approximate surface area is 251 Å². The van der Waals surface area contributed by atoms with Gasteiger partial charge in [0.1, 0.15) is 6.10 Å². The van der Waals surface area contributed by atoms with Gasteiger partial charge >= 0.3 is 59.1 Å². The van der Waals surface area contributed by atoms with E-state index in [1.165, 1.54) is 24.8 Å². The standard InChI is InChI=1S/C26H34O5S.2Na/c27-23(28)18-19-32-25(24(29)26(30)31)22-17-11-10-16-21(22)15-9-4-2-1-3-6-12-20-13-7-5-8-14-20;;/h5,7-8,10-11,13-14,16-17,24-25,29H,1-4,6,9,12,15,18-19H2,(H,27,28)(H,30,31);;/q;2*+1/p-2/t24-,25-;;/m1../s1. The fraction of sp³-hybridized carbons (Fsp3) is 0.462. The van der Waals surface area contributed by atoms with Crippen molar-refractivity contribution in [3.8, 4) is 0 Å². The van der Waals surface area contributed by atoms with E-state index in [9.17, 15) is 24.9 Å². The van der Waals surface area contributed by atoms with Crippen LogP contribution in [0.3, 0.4) is 0 Å². The zero-order valence-electron chi connectivity index (χ0n) is 20.4. The van der Waals surface area contributed by atoms with E-state index in [2.05, 4.69) is 24.3 Å². The number of rotatable bonds is 16. The van der Waals surface area contributed by atoms with Crippen LogP contribution in [0.1, 0.15) is 66.9 Å². The van der Waals surface area contributed by atoms with E-state index in [1.807, 2.05) is 24.3 Å². The molecule has 0 fully saturated rings. The van der Waals surface area contributed by atoms with Crippen LogP contribution < -0.4 is 69.3 Å². The second-order valence-corrected chi connectivity index (χ2v) is 9.23. The van der Waals surface area contributed by atoms with Gasteiger partial charge in [-0.1, -0.05) is 80.3 Å². The van der Waals surface area contributed by atoms with E-state index in [-0.39, 0.29) is 71.3 Å². The maximum absolute atomic E-state index is 11.3. The van der Waals surface area contributed by atoms with Gasteiger partial charge in [-0.15, -0.1) is 0 Å². The van der Waals surface area contributed by atoms with Gasteiger partial charge in [-0.3, -0.25) is 0 Å². The van der Waals surface area contributed by atoms with Crippen molar-refractivity contribution in [1.82, 2.24) is 0 Å². The van der Waals surface area contributed by atoms with Crippen molar-refractivity contribution < 1.29 is 84.0 Å². The summed E-state index contributed by atoms with van der Waals surface area (Å²) >= 11 is 1.11. The second kappa shape index (κ2) is 19.8. The molecule has 0 aliphatic heterocycles. The molecule has 8 heteroatoms. The summed E-state index contributed by atoms with van der Waals surface area (Å²) in [4.78, 5) is 22.0. The molecule has 0 amide bonds. The van der Waals surface area contributed by atoms with Crippen LogP contribution in [-0.2, 0) is 22.4 Å². The number of hydrogen-bond acceptors (Lipinski definition) is 6. The van der Waals surface area contributed by atoms with E-state index in [4.69, 9.17) is 0 Å². The summed E-state index contributed by atoms with van der Waals surface area (Å²) in [6.45, 7) is 0. The number of aliphatic carboxylic acids is 2. The number of carboxylic acids is 2. The van der Waals surface area contributed by atoms with Crippen LogP contribution >= 0.6 is 11.8 Å². The van der Waals surface area contributed by atoms with Gasteiger partial charge in [0.15, 0.2) is 0 Å². The zero-order valence-corrected chi connectivity index (χ0v) is 25.2. The summed E-state index contributed by atoms with van der Waals surface area (Å²) in [5, 5.41) is 31.4. The van der Waals surface area contributed by atoms with Gasteiger partial charge in [0.2, 0.25) is 0 Å². The van der Waals surface area contributed by atoms with E-state index >= 15 is 0 Å². The molecule has 174 valence electrons. The molecule has 0 aromatic heterocycles. The van der Waals surface area contributed by atoms with E-state index in [0.717, 1.165) is 55.0 Å². The Kier molecular flexibility index (Phi) is 19.6. The van der Waals surface area contributed by atoms with E-state index < -0.39 is 23.3 Å². The molecule has 2 aromatic carbocycles. The monoisotopic (exact) mass is 502 g/mol. The summed E-state index contributed by atoms with van der Waals surface area (Å²) < 4.78 is 0. The van der Waals surface area contributed by atoms with Gasteiger partial charge in [0.05, 0.1) is 11.2 Å². The Balaban J connectivity index is 0.00000544. The summed E-state index contributed by atoms with van der Waals surface area (Å²) in [7, 11) is 0. The number of carbonyl (C=O) groups is 2. The third-order valence-electron chi connectivity index (χ3n) is 5.50. The van der Waals surface area contributed by atoms with Gasteiger partial charge < -0.3 is 24.9 Å². The third kappa shape index (κ3) is 13.1. The third-order valence-corrected chi connectivity index (χ3v) is 6.81. The van der Waals surface area contributed by atoms with Gasteiger partial charge in [-0.2, -0.15) is 11.8 Å². The fourth-order valence-corrected chi connectivity index (χ4v) is 5.02. The average molecular weight is 503 g/mol. The Morgan fingerprint density at radius 1 is 0.794 bits per heavy atom. The topological polar surface area (TPSA) is 100 Å². The first kappa shape index (κ1) is 33.7. The largest absolute Gasteiger partial charge is 1.00 e. The maximum atomic E-state index is 11.3. The fourth-order valence-electron chi connectivity index (χ4n) is 3.78. The molecule has 0 heterocycles. The minimum absolute atomic E-state index is 0. The number of hydrogen-bond donors (Lipinski definition) is 1. The Bertz CT molecular complexity index is 835. The van der Waals surface area contributed by atoms with Crippen LogP contribution in [-0.4, -0.2) is 28.9 Å². The SMILES string of the molecule is O=C([O-])CCS[C@H](c1ccccc1CCCCCCCCc1ccccc1)[C@@H](O)C(=O)[O-].[Na+].[Na+]. The number of carboxylic acid groups (broad SMARTS) is 2. The summed E-state index contributed by atoms with van der Waals surface area (Å²) in [5.41, 5.74) is 3.10. The van der Waals surface area contributed by atoms with E-state index in [1.54, 1.807) is 6.07 Å². The minimum atomic E-state index is -1.70. The van der Waals surface area contributed by atoms with Gasteiger partial charge in [0.25, 0.3) is 0 Å². The number of aliphatic hydroxyl groups is 1. The quantitative estimate of drug-likeness (QED) is 0.192. The molecule has 2 atom stereocenters. The molecule has 0 saturated carbocycles. The summed E-state index contributed by atoms with van der Waals surface area (Å²) in [6, 6.07) is 18.0. The number of benzene rings is 2. The first-order valence-corrected chi connectivity index (χ1v) is 12.4. The van der Waals surface area contributed by atoms with Crippen molar-refractivity contribution in [1.29, 1.82) is 0 Å².